The van der Waals surface area contributed by atoms with Crippen molar-refractivity contribution in [2.45, 2.75) is 56.3 Å². The van der Waals surface area contributed by atoms with Crippen molar-refractivity contribution in [3.63, 3.8) is 0 Å². The maximum absolute atomic E-state index is 2.62. The van der Waals surface area contributed by atoms with E-state index in [1.807, 2.05) is 5.57 Å². The number of hydrogen-bond donors (Lipinski definition) is 0. The Morgan fingerprint density at radius 2 is 1.69 bits per heavy atom. The predicted octanol–water partition coefficient (Wildman–Crippen LogP) is 0.188. The van der Waals surface area contributed by atoms with Crippen molar-refractivity contribution >= 4 is 5.43 Å². The van der Waals surface area contributed by atoms with Crippen LogP contribution in [0.4, 0.5) is 0 Å². The molecule has 4 rings (SSSR count). The van der Waals surface area contributed by atoms with E-state index in [4.69, 9.17) is 0 Å². The van der Waals surface area contributed by atoms with Crippen LogP contribution in [0, 0.1) is 29.6 Å². The number of allylic oxidation sites excluding steroid dienone is 8. The minimum Gasteiger partial charge on any atom is -1.00 e. The zero-order chi connectivity index (χ0) is 16.8. The largest absolute Gasteiger partial charge is 1.00 e. The SMILES string of the molecule is CC1=CCC(C2CCCC3C4C=CC=CC4[CH]([Zr+2]=[Si](C)C)C23)=C1C.[Cl-].[Cl-]. The van der Waals surface area contributed by atoms with Crippen LogP contribution in [0.15, 0.2) is 47.1 Å². The van der Waals surface area contributed by atoms with Gasteiger partial charge in [-0.15, -0.1) is 0 Å². The summed E-state index contributed by atoms with van der Waals surface area (Å²) in [6.07, 6.45) is 18.2. The summed E-state index contributed by atoms with van der Waals surface area (Å²) in [5.41, 5.74) is 5.06. The molecule has 0 heterocycles. The van der Waals surface area contributed by atoms with Gasteiger partial charge in [0.1, 0.15) is 0 Å². The molecule has 4 heteroatoms. The number of rotatable bonds is 2. The third-order valence-corrected chi connectivity index (χ3v) is 16.7. The molecule has 0 amide bonds. The monoisotopic (exact) mass is 483 g/mol. The minimum absolute atomic E-state index is 0. The molecule has 0 saturated heterocycles. The summed E-state index contributed by atoms with van der Waals surface area (Å²) in [4.78, 5) is 0. The molecule has 6 atom stereocenters. The Morgan fingerprint density at radius 1 is 1.00 bits per heavy atom. The van der Waals surface area contributed by atoms with E-state index < -0.39 is 0 Å². The van der Waals surface area contributed by atoms with E-state index in [1.54, 1.807) is 11.1 Å². The number of halogens is 2. The van der Waals surface area contributed by atoms with E-state index >= 15 is 0 Å². The van der Waals surface area contributed by atoms with Gasteiger partial charge in [0.05, 0.1) is 0 Å². The molecule has 26 heavy (non-hydrogen) atoms. The summed E-state index contributed by atoms with van der Waals surface area (Å²) >= 11 is -0.242. The van der Waals surface area contributed by atoms with Gasteiger partial charge < -0.3 is 24.8 Å². The molecule has 0 nitrogen and oxygen atoms in total. The molecule has 2 saturated carbocycles. The van der Waals surface area contributed by atoms with E-state index in [9.17, 15) is 0 Å². The number of hydrogen-bond acceptors (Lipinski definition) is 0. The normalized spacial score (nSPS) is 37.2. The molecule has 4 aliphatic rings. The Bertz CT molecular complexity index is 684. The van der Waals surface area contributed by atoms with Crippen LogP contribution < -0.4 is 24.8 Å². The second-order valence-corrected chi connectivity index (χ2v) is 22.0. The molecule has 0 aromatic rings. The Labute approximate surface area is 184 Å². The van der Waals surface area contributed by atoms with Gasteiger partial charge in [0, 0.05) is 0 Å². The fourth-order valence-electron chi connectivity index (χ4n) is 6.09. The van der Waals surface area contributed by atoms with Crippen molar-refractivity contribution in [3.8, 4) is 0 Å². The first-order chi connectivity index (χ1) is 11.6. The molecule has 0 aliphatic heterocycles. The molecule has 0 bridgehead atoms. The topological polar surface area (TPSA) is 0 Å². The third-order valence-electron chi connectivity index (χ3n) is 7.16. The zero-order valence-electron chi connectivity index (χ0n) is 16.4. The summed E-state index contributed by atoms with van der Waals surface area (Å²) in [5, 5.41) is 0. The number of fused-ring (bicyclic) bond motifs is 3. The van der Waals surface area contributed by atoms with Gasteiger partial charge in [0.15, 0.2) is 0 Å². The van der Waals surface area contributed by atoms with Gasteiger partial charge in [-0.25, -0.2) is 0 Å². The molecule has 4 aliphatic carbocycles. The van der Waals surface area contributed by atoms with E-state index in [-0.39, 0.29) is 52.1 Å². The predicted molar refractivity (Wildman–Crippen MR) is 102 cm³/mol. The minimum atomic E-state index is -0.242. The molecule has 0 radical (unpaired) electrons. The average molecular weight is 486 g/mol. The first kappa shape index (κ1) is 22.9. The molecule has 141 valence electrons. The van der Waals surface area contributed by atoms with Gasteiger partial charge >= 0.3 is 160 Å². The van der Waals surface area contributed by atoms with Crippen LogP contribution in [0.3, 0.4) is 0 Å². The fourth-order valence-corrected chi connectivity index (χ4v) is 16.9. The Balaban J connectivity index is 0.00000121. The molecule has 6 unspecified atom stereocenters. The van der Waals surface area contributed by atoms with Crippen molar-refractivity contribution in [1.82, 2.24) is 0 Å². The first-order valence-electron chi connectivity index (χ1n) is 9.86. The van der Waals surface area contributed by atoms with Crippen molar-refractivity contribution < 1.29 is 46.7 Å². The van der Waals surface area contributed by atoms with Gasteiger partial charge in [0.25, 0.3) is 0 Å². The van der Waals surface area contributed by atoms with Crippen LogP contribution in [0.25, 0.3) is 0 Å². The molecule has 0 N–H and O–H groups in total. The van der Waals surface area contributed by atoms with E-state index in [0.717, 1.165) is 33.2 Å². The summed E-state index contributed by atoms with van der Waals surface area (Å²) in [6, 6.07) is 0. The second kappa shape index (κ2) is 9.43. The average Bonchev–Trinajstić information content (AvgIpc) is 3.07. The van der Waals surface area contributed by atoms with Crippen molar-refractivity contribution in [2.24, 2.45) is 29.6 Å². The summed E-state index contributed by atoms with van der Waals surface area (Å²) in [7, 11) is 0. The molecule has 2 fully saturated rings. The van der Waals surface area contributed by atoms with Gasteiger partial charge in [-0.1, -0.05) is 0 Å². The van der Waals surface area contributed by atoms with Crippen molar-refractivity contribution in [1.29, 1.82) is 0 Å². The van der Waals surface area contributed by atoms with Crippen LogP contribution in [0.5, 0.6) is 0 Å². The summed E-state index contributed by atoms with van der Waals surface area (Å²) in [6.45, 7) is 9.94. The van der Waals surface area contributed by atoms with Gasteiger partial charge in [-0.3, -0.25) is 0 Å². The van der Waals surface area contributed by atoms with Crippen LogP contribution >= 0.6 is 0 Å². The Morgan fingerprint density at radius 3 is 2.31 bits per heavy atom. The van der Waals surface area contributed by atoms with Crippen LogP contribution in [-0.4, -0.2) is 5.43 Å². The quantitative estimate of drug-likeness (QED) is 0.490. The maximum atomic E-state index is 2.62. The third kappa shape index (κ3) is 4.00. The van der Waals surface area contributed by atoms with Gasteiger partial charge in [-0.2, -0.15) is 0 Å². The van der Waals surface area contributed by atoms with Gasteiger partial charge in [0.2, 0.25) is 0 Å². The van der Waals surface area contributed by atoms with Crippen molar-refractivity contribution in [2.75, 3.05) is 0 Å². The van der Waals surface area contributed by atoms with E-state index in [0.29, 0.717) is 0 Å². The Kier molecular flexibility index (Phi) is 8.31. The molecular formula is C22H31Cl2SiZr. The molecule has 0 aromatic carbocycles. The van der Waals surface area contributed by atoms with E-state index in [1.165, 1.54) is 25.7 Å². The molecule has 0 spiro atoms. The van der Waals surface area contributed by atoms with Crippen molar-refractivity contribution in [3.05, 3.63) is 47.1 Å². The van der Waals surface area contributed by atoms with Gasteiger partial charge in [-0.05, 0) is 0 Å². The first-order valence-corrected chi connectivity index (χ1v) is 17.5. The van der Waals surface area contributed by atoms with Crippen LogP contribution in [0.2, 0.25) is 16.7 Å². The van der Waals surface area contributed by atoms with Crippen LogP contribution in [0.1, 0.15) is 39.5 Å². The molecule has 0 aromatic heterocycles. The second-order valence-electron chi connectivity index (χ2n) is 8.61. The Hall–Kier alpha value is 0.640. The molecular weight excluding hydrogens is 454 g/mol. The zero-order valence-corrected chi connectivity index (χ0v) is 21.4. The smallest absolute Gasteiger partial charge is 1.00 e. The summed E-state index contributed by atoms with van der Waals surface area (Å²) < 4.78 is 1.11. The standard InChI is InChI=1S/C20H25.C2H6Si.2ClH.Zr/c1-13-10-11-16(14(13)2)18-8-5-9-19-17-7-4-3-6-15(17)12-20(18)19;1-3-2;;;/h3-4,6-7,10,12,15,17-20H,5,8-9,11H2,1-2H3;1-2H3;2*1H;/q;;;;+2/p-2. The maximum Gasteiger partial charge on any atom is -1.00 e. The van der Waals surface area contributed by atoms with E-state index in [2.05, 4.69) is 57.3 Å². The fraction of sp³-hybridized carbons (Fsp3) is 0.636. The van der Waals surface area contributed by atoms with Crippen LogP contribution in [-0.2, 0) is 21.9 Å². The summed E-state index contributed by atoms with van der Waals surface area (Å²) in [5.74, 6) is 4.72.